The fraction of sp³-hybridized carbons (Fsp3) is 0.526. The highest BCUT2D eigenvalue weighted by Gasteiger charge is 2.26. The molecule has 2 aromatic rings. The first kappa shape index (κ1) is 17.5. The zero-order chi connectivity index (χ0) is 17.8. The van der Waals surface area contributed by atoms with Gasteiger partial charge in [0, 0.05) is 36.8 Å². The number of hydrogen-bond donors (Lipinski definition) is 2. The lowest BCUT2D eigenvalue weighted by atomic mass is 9.90. The van der Waals surface area contributed by atoms with Crippen molar-refractivity contribution in [3.8, 4) is 0 Å². The van der Waals surface area contributed by atoms with Crippen LogP contribution in [0.5, 0.6) is 0 Å². The molecule has 2 N–H and O–H groups in total. The molecule has 134 valence electrons. The minimum Gasteiger partial charge on any atom is -0.352 e. The van der Waals surface area contributed by atoms with Crippen molar-refractivity contribution >= 4 is 22.8 Å². The molecule has 0 saturated heterocycles. The SMILES string of the molecule is CCC(NC(C)=O)C(=O)NC1CCC(n2ccc3cccnc32)CC1. The van der Waals surface area contributed by atoms with E-state index in [4.69, 9.17) is 0 Å². The third kappa shape index (κ3) is 4.00. The predicted molar refractivity (Wildman–Crippen MR) is 97.1 cm³/mol. The number of pyridine rings is 1. The van der Waals surface area contributed by atoms with Crippen LogP contribution in [0.25, 0.3) is 11.0 Å². The molecule has 0 radical (unpaired) electrons. The molecule has 1 aliphatic carbocycles. The average molecular weight is 342 g/mol. The first-order chi connectivity index (χ1) is 12.1. The molecular formula is C19H26N4O2. The Morgan fingerprint density at radius 3 is 2.72 bits per heavy atom. The highest BCUT2D eigenvalue weighted by Crippen LogP contribution is 2.31. The van der Waals surface area contributed by atoms with Crippen molar-refractivity contribution in [1.82, 2.24) is 20.2 Å². The van der Waals surface area contributed by atoms with Crippen LogP contribution in [-0.4, -0.2) is 33.4 Å². The van der Waals surface area contributed by atoms with Gasteiger partial charge >= 0.3 is 0 Å². The van der Waals surface area contributed by atoms with E-state index in [1.807, 2.05) is 19.2 Å². The van der Waals surface area contributed by atoms with E-state index in [9.17, 15) is 9.59 Å². The summed E-state index contributed by atoms with van der Waals surface area (Å²) in [4.78, 5) is 28.0. The summed E-state index contributed by atoms with van der Waals surface area (Å²) in [5, 5.41) is 6.97. The molecule has 1 saturated carbocycles. The molecule has 1 fully saturated rings. The summed E-state index contributed by atoms with van der Waals surface area (Å²) in [6.07, 6.45) is 8.47. The van der Waals surface area contributed by atoms with Crippen molar-refractivity contribution < 1.29 is 9.59 Å². The molecule has 0 spiro atoms. The number of aromatic nitrogens is 2. The topological polar surface area (TPSA) is 76.0 Å². The first-order valence-corrected chi connectivity index (χ1v) is 9.07. The molecule has 2 aromatic heterocycles. The molecule has 6 nitrogen and oxygen atoms in total. The van der Waals surface area contributed by atoms with Crippen LogP contribution in [0.4, 0.5) is 0 Å². The molecule has 3 rings (SSSR count). The summed E-state index contributed by atoms with van der Waals surface area (Å²) in [6, 6.07) is 6.32. The van der Waals surface area contributed by atoms with Crippen molar-refractivity contribution in [3.63, 3.8) is 0 Å². The van der Waals surface area contributed by atoms with E-state index >= 15 is 0 Å². The normalized spacial score (nSPS) is 21.7. The van der Waals surface area contributed by atoms with E-state index in [1.165, 1.54) is 12.3 Å². The van der Waals surface area contributed by atoms with Gasteiger partial charge in [-0.05, 0) is 50.3 Å². The molecule has 1 unspecified atom stereocenters. The van der Waals surface area contributed by atoms with Crippen molar-refractivity contribution in [2.45, 2.75) is 64.1 Å². The molecule has 0 aromatic carbocycles. The minimum atomic E-state index is -0.437. The molecule has 6 heteroatoms. The highest BCUT2D eigenvalue weighted by molar-refractivity contribution is 5.86. The smallest absolute Gasteiger partial charge is 0.242 e. The van der Waals surface area contributed by atoms with Crippen LogP contribution in [0.1, 0.15) is 52.0 Å². The summed E-state index contributed by atoms with van der Waals surface area (Å²) < 4.78 is 2.26. The van der Waals surface area contributed by atoms with Crippen LogP contribution in [0.3, 0.4) is 0 Å². The summed E-state index contributed by atoms with van der Waals surface area (Å²) >= 11 is 0. The quantitative estimate of drug-likeness (QED) is 0.877. The lowest BCUT2D eigenvalue weighted by Gasteiger charge is -2.31. The third-order valence-corrected chi connectivity index (χ3v) is 5.01. The standard InChI is InChI=1S/C19H26N4O2/c1-3-17(21-13(2)24)19(25)22-15-6-8-16(9-7-15)23-12-10-14-5-4-11-20-18(14)23/h4-5,10-12,15-17H,3,6-9H2,1-2H3,(H,21,24)(H,22,25). The van der Waals surface area contributed by atoms with Crippen molar-refractivity contribution in [2.75, 3.05) is 0 Å². The van der Waals surface area contributed by atoms with Gasteiger partial charge in [0.05, 0.1) is 0 Å². The van der Waals surface area contributed by atoms with Gasteiger partial charge in [-0.2, -0.15) is 0 Å². The minimum absolute atomic E-state index is 0.0748. The average Bonchev–Trinajstić information content (AvgIpc) is 3.04. The molecule has 0 aliphatic heterocycles. The maximum Gasteiger partial charge on any atom is 0.242 e. The number of carbonyl (C=O) groups is 2. The van der Waals surface area contributed by atoms with Crippen molar-refractivity contribution in [3.05, 3.63) is 30.6 Å². The van der Waals surface area contributed by atoms with Crippen LogP contribution < -0.4 is 10.6 Å². The molecular weight excluding hydrogens is 316 g/mol. The predicted octanol–water partition coefficient (Wildman–Crippen LogP) is 2.55. The van der Waals surface area contributed by atoms with E-state index in [0.29, 0.717) is 12.5 Å². The van der Waals surface area contributed by atoms with E-state index < -0.39 is 6.04 Å². The van der Waals surface area contributed by atoms with Gasteiger partial charge in [0.2, 0.25) is 11.8 Å². The summed E-state index contributed by atoms with van der Waals surface area (Å²) in [7, 11) is 0. The number of nitrogens with zero attached hydrogens (tertiary/aromatic N) is 2. The van der Waals surface area contributed by atoms with Crippen LogP contribution >= 0.6 is 0 Å². The van der Waals surface area contributed by atoms with Crippen LogP contribution in [-0.2, 0) is 9.59 Å². The van der Waals surface area contributed by atoms with Crippen LogP contribution in [0, 0.1) is 0 Å². The van der Waals surface area contributed by atoms with E-state index in [1.54, 1.807) is 0 Å². The van der Waals surface area contributed by atoms with Gasteiger partial charge < -0.3 is 15.2 Å². The van der Waals surface area contributed by atoms with Gasteiger partial charge in [-0.15, -0.1) is 0 Å². The Balaban J connectivity index is 1.57. The molecule has 1 aliphatic rings. The molecule has 1 atom stereocenters. The first-order valence-electron chi connectivity index (χ1n) is 9.07. The molecule has 25 heavy (non-hydrogen) atoms. The second-order valence-electron chi connectivity index (χ2n) is 6.81. The monoisotopic (exact) mass is 342 g/mol. The number of carbonyl (C=O) groups excluding carboxylic acids is 2. The Bertz CT molecular complexity index is 747. The van der Waals surface area contributed by atoms with Gasteiger partial charge in [0.15, 0.2) is 0 Å². The number of hydrogen-bond acceptors (Lipinski definition) is 3. The summed E-state index contributed by atoms with van der Waals surface area (Å²) in [5.74, 6) is -0.244. The van der Waals surface area contributed by atoms with E-state index in [0.717, 1.165) is 31.3 Å². The van der Waals surface area contributed by atoms with Gasteiger partial charge in [-0.3, -0.25) is 9.59 Å². The van der Waals surface area contributed by atoms with Crippen LogP contribution in [0.15, 0.2) is 30.6 Å². The zero-order valence-corrected chi connectivity index (χ0v) is 14.9. The Morgan fingerprint density at radius 1 is 1.28 bits per heavy atom. The van der Waals surface area contributed by atoms with Gasteiger partial charge in [0.25, 0.3) is 0 Å². The maximum absolute atomic E-state index is 12.3. The number of fused-ring (bicyclic) bond motifs is 1. The van der Waals surface area contributed by atoms with Gasteiger partial charge in [-0.25, -0.2) is 4.98 Å². The number of amides is 2. The largest absolute Gasteiger partial charge is 0.352 e. The maximum atomic E-state index is 12.3. The zero-order valence-electron chi connectivity index (χ0n) is 14.9. The second-order valence-corrected chi connectivity index (χ2v) is 6.81. The Morgan fingerprint density at radius 2 is 2.04 bits per heavy atom. The number of rotatable bonds is 5. The lowest BCUT2D eigenvalue weighted by molar-refractivity contribution is -0.128. The third-order valence-electron chi connectivity index (χ3n) is 5.01. The molecule has 2 heterocycles. The number of nitrogens with one attached hydrogen (secondary N) is 2. The molecule has 0 bridgehead atoms. The summed E-state index contributed by atoms with van der Waals surface area (Å²) in [5.41, 5.74) is 1.03. The Kier molecular flexibility index (Phi) is 5.36. The van der Waals surface area contributed by atoms with Gasteiger partial charge in [0.1, 0.15) is 11.7 Å². The van der Waals surface area contributed by atoms with E-state index in [2.05, 4.69) is 38.5 Å². The van der Waals surface area contributed by atoms with Crippen molar-refractivity contribution in [2.24, 2.45) is 0 Å². The fourth-order valence-electron chi connectivity index (χ4n) is 3.68. The Hall–Kier alpha value is -2.37. The fourth-order valence-corrected chi connectivity index (χ4v) is 3.68. The highest BCUT2D eigenvalue weighted by atomic mass is 16.2. The summed E-state index contributed by atoms with van der Waals surface area (Å²) in [6.45, 7) is 3.35. The lowest BCUT2D eigenvalue weighted by Crippen LogP contribution is -2.49. The van der Waals surface area contributed by atoms with Crippen molar-refractivity contribution in [1.29, 1.82) is 0 Å². The molecule has 2 amide bonds. The van der Waals surface area contributed by atoms with Crippen LogP contribution in [0.2, 0.25) is 0 Å². The second kappa shape index (κ2) is 7.68. The Labute approximate surface area is 148 Å². The van der Waals surface area contributed by atoms with Gasteiger partial charge in [-0.1, -0.05) is 6.92 Å². The van der Waals surface area contributed by atoms with E-state index in [-0.39, 0.29) is 17.9 Å².